The molecule has 1 aromatic carbocycles. The monoisotopic (exact) mass is 555 g/mol. The van der Waals surface area contributed by atoms with E-state index in [2.05, 4.69) is 6.58 Å². The Labute approximate surface area is 222 Å². The van der Waals surface area contributed by atoms with E-state index in [-0.39, 0.29) is 10.8 Å². The average molecular weight is 556 g/mol. The molecule has 36 heavy (non-hydrogen) atoms. The van der Waals surface area contributed by atoms with Crippen LogP contribution in [0.4, 0.5) is 0 Å². The number of likely N-dealkylation sites (tertiary alicyclic amines) is 1. The summed E-state index contributed by atoms with van der Waals surface area (Å²) in [6.45, 7) is 22.7. The standard InChI is InChI=1S/C26H41NO6S2Si/c1-17(2)20(23(29)32-25(6,7)8)27-21(28)19(26(9,24(3,4)5)33-36(10)11)22(27)34-35(30,31)18-15-13-12-14-16-18/h12-16,19-20,22,36H,1H2,2-11H3/t19?,20?,22?,26-/m0/s1. The number of carbonyl (C=O) groups is 2. The molecule has 0 aromatic heterocycles. The Morgan fingerprint density at radius 2 is 1.61 bits per heavy atom. The molecule has 0 bridgehead atoms. The molecule has 1 fully saturated rings. The highest BCUT2D eigenvalue weighted by Crippen LogP contribution is 2.53. The fourth-order valence-electron chi connectivity index (χ4n) is 4.26. The van der Waals surface area contributed by atoms with Crippen molar-refractivity contribution in [2.75, 3.05) is 0 Å². The summed E-state index contributed by atoms with van der Waals surface area (Å²) in [6, 6.07) is 6.97. The zero-order valence-corrected chi connectivity index (χ0v) is 25.9. The Morgan fingerprint density at radius 1 is 1.08 bits per heavy atom. The van der Waals surface area contributed by atoms with E-state index in [1.54, 1.807) is 45.9 Å². The minimum atomic E-state index is -3.87. The summed E-state index contributed by atoms with van der Waals surface area (Å²) in [4.78, 5) is 28.6. The maximum atomic E-state index is 13.9. The van der Waals surface area contributed by atoms with Gasteiger partial charge in [-0.3, -0.25) is 4.79 Å². The third kappa shape index (κ3) is 6.44. The lowest BCUT2D eigenvalue weighted by Gasteiger charge is -2.59. The van der Waals surface area contributed by atoms with E-state index in [0.29, 0.717) is 16.4 Å². The molecule has 0 spiro atoms. The smallest absolute Gasteiger partial charge is 0.333 e. The van der Waals surface area contributed by atoms with E-state index < -0.39 is 57.8 Å². The number of carbonyl (C=O) groups excluding carboxylic acids is 2. The van der Waals surface area contributed by atoms with Gasteiger partial charge in [0.25, 0.3) is 0 Å². The predicted octanol–water partition coefficient (Wildman–Crippen LogP) is 4.98. The van der Waals surface area contributed by atoms with Crippen molar-refractivity contribution in [1.82, 2.24) is 4.90 Å². The topological polar surface area (TPSA) is 90.0 Å². The van der Waals surface area contributed by atoms with Gasteiger partial charge < -0.3 is 14.1 Å². The van der Waals surface area contributed by atoms with Crippen LogP contribution < -0.4 is 0 Å². The first-order valence-corrected chi connectivity index (χ1v) is 17.8. The number of hydrogen-bond donors (Lipinski definition) is 0. The Balaban J connectivity index is 2.65. The number of amides is 1. The number of esters is 1. The van der Waals surface area contributed by atoms with Crippen molar-refractivity contribution in [1.29, 1.82) is 0 Å². The number of β-lactam (4-membered cyclic amide) rings is 1. The van der Waals surface area contributed by atoms with Crippen LogP contribution in [-0.2, 0) is 27.6 Å². The van der Waals surface area contributed by atoms with E-state index in [1.807, 2.05) is 40.8 Å². The van der Waals surface area contributed by atoms with Crippen LogP contribution in [0.15, 0.2) is 47.4 Å². The van der Waals surface area contributed by atoms with Crippen LogP contribution in [0, 0.1) is 11.3 Å². The highest BCUT2D eigenvalue weighted by Gasteiger charge is 2.64. The number of rotatable bonds is 9. The van der Waals surface area contributed by atoms with Gasteiger partial charge in [0.15, 0.2) is 15.1 Å². The summed E-state index contributed by atoms with van der Waals surface area (Å²) >= 11 is 0. The molecule has 1 amide bonds. The second kappa shape index (κ2) is 10.6. The molecule has 0 saturated carbocycles. The molecular formula is C26H41NO6S2Si. The molecule has 202 valence electrons. The first-order chi connectivity index (χ1) is 16.2. The third-order valence-corrected chi connectivity index (χ3v) is 11.0. The summed E-state index contributed by atoms with van der Waals surface area (Å²) in [5.74, 6) is -1.78. The molecule has 7 nitrogen and oxygen atoms in total. The lowest BCUT2D eigenvalue weighted by Crippen LogP contribution is -2.73. The van der Waals surface area contributed by atoms with Crippen molar-refractivity contribution in [2.45, 2.75) is 96.0 Å². The molecule has 1 aromatic rings. The van der Waals surface area contributed by atoms with Crippen LogP contribution in [0.2, 0.25) is 13.1 Å². The van der Waals surface area contributed by atoms with E-state index in [1.165, 1.54) is 17.0 Å². The van der Waals surface area contributed by atoms with Crippen molar-refractivity contribution < 1.29 is 27.2 Å². The van der Waals surface area contributed by atoms with Crippen molar-refractivity contribution in [3.63, 3.8) is 0 Å². The van der Waals surface area contributed by atoms with Crippen LogP contribution in [0.3, 0.4) is 0 Å². The largest absolute Gasteiger partial charge is 0.458 e. The van der Waals surface area contributed by atoms with Crippen LogP contribution in [-0.4, -0.2) is 56.9 Å². The molecular weight excluding hydrogens is 515 g/mol. The lowest BCUT2D eigenvalue weighted by molar-refractivity contribution is -0.187. The number of nitrogens with zero attached hydrogens (tertiary/aromatic N) is 1. The minimum absolute atomic E-state index is 0.133. The molecule has 0 N–H and O–H groups in total. The van der Waals surface area contributed by atoms with E-state index in [9.17, 15) is 18.0 Å². The SMILES string of the molecule is C=C(C)C(C(=O)OC(C)(C)C)N1C(=O)C([C@](C)(O[SiH](C)C)C(C)(C)C)C1SS(=O)(=O)c1ccccc1. The molecule has 3 unspecified atom stereocenters. The van der Waals surface area contributed by atoms with Gasteiger partial charge in [-0.2, -0.15) is 0 Å². The Bertz CT molecular complexity index is 1090. The lowest BCUT2D eigenvalue weighted by atomic mass is 9.66. The summed E-state index contributed by atoms with van der Waals surface area (Å²) in [7, 11) is -4.84. The zero-order chi connectivity index (χ0) is 27.9. The molecule has 4 atom stereocenters. The number of benzene rings is 1. The quantitative estimate of drug-likeness (QED) is 0.139. The van der Waals surface area contributed by atoms with Crippen molar-refractivity contribution in [2.24, 2.45) is 11.3 Å². The molecule has 1 heterocycles. The summed E-state index contributed by atoms with van der Waals surface area (Å²) in [5.41, 5.74) is -1.84. The molecule has 1 aliphatic heterocycles. The van der Waals surface area contributed by atoms with Crippen molar-refractivity contribution >= 4 is 40.6 Å². The third-order valence-electron chi connectivity index (χ3n) is 6.28. The molecule has 0 radical (unpaired) electrons. The maximum absolute atomic E-state index is 13.9. The predicted molar refractivity (Wildman–Crippen MR) is 148 cm³/mol. The fraction of sp³-hybridized carbons (Fsp3) is 0.615. The number of ether oxygens (including phenoxy) is 1. The molecule has 10 heteroatoms. The molecule has 2 rings (SSSR count). The first-order valence-electron chi connectivity index (χ1n) is 12.1. The molecule has 1 saturated heterocycles. The maximum Gasteiger partial charge on any atom is 0.333 e. The molecule has 1 aliphatic rings. The van der Waals surface area contributed by atoms with E-state index in [4.69, 9.17) is 9.16 Å². The van der Waals surface area contributed by atoms with Crippen LogP contribution >= 0.6 is 10.8 Å². The van der Waals surface area contributed by atoms with Gasteiger partial charge in [0.05, 0.1) is 16.4 Å². The zero-order valence-electron chi connectivity index (χ0n) is 23.1. The highest BCUT2D eigenvalue weighted by atomic mass is 33.1. The average Bonchev–Trinajstić information content (AvgIpc) is 2.69. The van der Waals surface area contributed by atoms with Gasteiger partial charge >= 0.3 is 5.97 Å². The van der Waals surface area contributed by atoms with Gasteiger partial charge in [-0.05, 0) is 81.6 Å². The molecule has 0 aliphatic carbocycles. The summed E-state index contributed by atoms with van der Waals surface area (Å²) in [5, 5.41) is -0.881. The van der Waals surface area contributed by atoms with Crippen molar-refractivity contribution in [3.8, 4) is 0 Å². The normalized spacial score (nSPS) is 21.5. The van der Waals surface area contributed by atoms with Gasteiger partial charge in [-0.1, -0.05) is 45.5 Å². The van der Waals surface area contributed by atoms with Crippen LogP contribution in [0.25, 0.3) is 0 Å². The Morgan fingerprint density at radius 3 is 2.03 bits per heavy atom. The van der Waals surface area contributed by atoms with Crippen LogP contribution in [0.1, 0.15) is 55.4 Å². The second-order valence-corrected chi connectivity index (χ2v) is 18.1. The van der Waals surface area contributed by atoms with Gasteiger partial charge in [0.2, 0.25) is 14.8 Å². The van der Waals surface area contributed by atoms with Gasteiger partial charge in [0, 0.05) is 0 Å². The number of hydrogen-bond acceptors (Lipinski definition) is 7. The van der Waals surface area contributed by atoms with Crippen molar-refractivity contribution in [3.05, 3.63) is 42.5 Å². The fourth-order valence-corrected chi connectivity index (χ4v) is 9.46. The highest BCUT2D eigenvalue weighted by molar-refractivity contribution is 8.72. The summed E-state index contributed by atoms with van der Waals surface area (Å²) < 4.78 is 39.1. The van der Waals surface area contributed by atoms with Gasteiger partial charge in [-0.25, -0.2) is 13.2 Å². The summed E-state index contributed by atoms with van der Waals surface area (Å²) in [6.07, 6.45) is 0. The van der Waals surface area contributed by atoms with Gasteiger partial charge in [0.1, 0.15) is 11.0 Å². The van der Waals surface area contributed by atoms with Gasteiger partial charge in [-0.15, -0.1) is 0 Å². The van der Waals surface area contributed by atoms with E-state index >= 15 is 0 Å². The first kappa shape index (κ1) is 30.6. The van der Waals surface area contributed by atoms with E-state index in [0.717, 1.165) is 0 Å². The Hall–Kier alpha value is -1.62. The Kier molecular flexibility index (Phi) is 9.03. The second-order valence-electron chi connectivity index (χ2n) is 11.8. The minimum Gasteiger partial charge on any atom is -0.458 e. The van der Waals surface area contributed by atoms with Crippen LogP contribution in [0.5, 0.6) is 0 Å².